The number of hydrogen-bond acceptors (Lipinski definition) is 7. The van der Waals surface area contributed by atoms with Gasteiger partial charge in [0.2, 0.25) is 0 Å². The van der Waals surface area contributed by atoms with Gasteiger partial charge in [-0.1, -0.05) is 17.8 Å². The maximum atomic E-state index is 12.6. The van der Waals surface area contributed by atoms with Crippen molar-refractivity contribution in [1.29, 1.82) is 0 Å². The van der Waals surface area contributed by atoms with E-state index in [2.05, 4.69) is 19.7 Å². The van der Waals surface area contributed by atoms with Crippen LogP contribution in [0, 0.1) is 6.92 Å². The quantitative estimate of drug-likeness (QED) is 0.386. The smallest absolute Gasteiger partial charge is 0.258 e. The Labute approximate surface area is 195 Å². The number of hydrogen-bond donors (Lipinski definition) is 0. The standard InChI is InChI=1S/C24H25N5O3S/c1-16-5-10-21-25-18(12-22(30)28(21)13-16)15-33-24-27-26-23(17-6-8-19(31-2)9-7-17)29(24)14-20-4-3-11-32-20/h5-10,12-13,20H,3-4,11,14-15H2,1-2H3. The molecule has 9 heteroatoms. The van der Waals surface area contributed by atoms with Crippen LogP contribution >= 0.6 is 11.8 Å². The van der Waals surface area contributed by atoms with Crippen molar-refractivity contribution in [3.05, 3.63) is 70.3 Å². The maximum Gasteiger partial charge on any atom is 0.258 e. The second-order valence-corrected chi connectivity index (χ2v) is 9.03. The number of pyridine rings is 1. The molecule has 0 amide bonds. The molecule has 170 valence electrons. The molecule has 33 heavy (non-hydrogen) atoms. The molecule has 1 aromatic carbocycles. The minimum Gasteiger partial charge on any atom is -0.497 e. The van der Waals surface area contributed by atoms with Crippen molar-refractivity contribution in [2.24, 2.45) is 0 Å². The number of rotatable bonds is 7. The second-order valence-electron chi connectivity index (χ2n) is 8.09. The van der Waals surface area contributed by atoms with Crippen molar-refractivity contribution in [2.45, 2.75) is 43.3 Å². The molecular weight excluding hydrogens is 438 g/mol. The lowest BCUT2D eigenvalue weighted by molar-refractivity contribution is 0.0953. The zero-order valence-corrected chi connectivity index (χ0v) is 19.4. The van der Waals surface area contributed by atoms with E-state index < -0.39 is 0 Å². The van der Waals surface area contributed by atoms with Crippen LogP contribution < -0.4 is 10.3 Å². The molecule has 0 bridgehead atoms. The first-order chi connectivity index (χ1) is 16.1. The van der Waals surface area contributed by atoms with Crippen molar-refractivity contribution in [2.75, 3.05) is 13.7 Å². The number of aryl methyl sites for hydroxylation is 1. The lowest BCUT2D eigenvalue weighted by atomic mass is 10.2. The predicted molar refractivity (Wildman–Crippen MR) is 127 cm³/mol. The number of methoxy groups -OCH3 is 1. The number of thioether (sulfide) groups is 1. The van der Waals surface area contributed by atoms with Gasteiger partial charge < -0.3 is 9.47 Å². The summed E-state index contributed by atoms with van der Waals surface area (Å²) in [7, 11) is 1.65. The molecule has 5 rings (SSSR count). The molecule has 1 aliphatic heterocycles. The minimum atomic E-state index is -0.0842. The van der Waals surface area contributed by atoms with E-state index in [1.165, 1.54) is 11.8 Å². The molecule has 0 radical (unpaired) electrons. The Bertz CT molecular complexity index is 1330. The Kier molecular flexibility index (Phi) is 6.15. The Morgan fingerprint density at radius 3 is 2.79 bits per heavy atom. The molecule has 0 spiro atoms. The molecule has 8 nitrogen and oxygen atoms in total. The summed E-state index contributed by atoms with van der Waals surface area (Å²) in [6.45, 7) is 3.43. The molecule has 1 fully saturated rings. The molecule has 0 saturated carbocycles. The Morgan fingerprint density at radius 2 is 2.03 bits per heavy atom. The fraction of sp³-hybridized carbons (Fsp3) is 0.333. The van der Waals surface area contributed by atoms with Gasteiger partial charge in [-0.25, -0.2) is 4.98 Å². The van der Waals surface area contributed by atoms with Gasteiger partial charge in [0.25, 0.3) is 5.56 Å². The first kappa shape index (κ1) is 21.7. The Morgan fingerprint density at radius 1 is 1.18 bits per heavy atom. The third-order valence-electron chi connectivity index (χ3n) is 5.68. The van der Waals surface area contributed by atoms with Gasteiger partial charge in [0.15, 0.2) is 11.0 Å². The highest BCUT2D eigenvalue weighted by Crippen LogP contribution is 2.29. The van der Waals surface area contributed by atoms with E-state index in [0.717, 1.165) is 47.3 Å². The molecule has 4 heterocycles. The first-order valence-corrected chi connectivity index (χ1v) is 11.9. The zero-order valence-electron chi connectivity index (χ0n) is 18.6. The molecule has 1 saturated heterocycles. The molecule has 3 aromatic heterocycles. The van der Waals surface area contributed by atoms with E-state index in [1.54, 1.807) is 23.8 Å². The summed E-state index contributed by atoms with van der Waals surface area (Å²) in [5, 5.41) is 9.73. The molecule has 4 aromatic rings. The minimum absolute atomic E-state index is 0.0842. The summed E-state index contributed by atoms with van der Waals surface area (Å²) >= 11 is 1.53. The highest BCUT2D eigenvalue weighted by molar-refractivity contribution is 7.98. The predicted octanol–water partition coefficient (Wildman–Crippen LogP) is 3.74. The van der Waals surface area contributed by atoms with Crippen LogP contribution in [0.4, 0.5) is 0 Å². The summed E-state index contributed by atoms with van der Waals surface area (Å²) in [6.07, 6.45) is 4.04. The molecule has 1 aliphatic rings. The van der Waals surface area contributed by atoms with E-state index >= 15 is 0 Å². The molecular formula is C24H25N5O3S. The van der Waals surface area contributed by atoms with Crippen LogP contribution in [-0.2, 0) is 17.0 Å². The second kappa shape index (κ2) is 9.36. The number of aromatic nitrogens is 5. The largest absolute Gasteiger partial charge is 0.497 e. The van der Waals surface area contributed by atoms with Gasteiger partial charge in [-0.15, -0.1) is 10.2 Å². The molecule has 0 aliphatic carbocycles. The monoisotopic (exact) mass is 463 g/mol. The van der Waals surface area contributed by atoms with Gasteiger partial charge in [-0.05, 0) is 55.7 Å². The van der Waals surface area contributed by atoms with Crippen molar-refractivity contribution < 1.29 is 9.47 Å². The lowest BCUT2D eigenvalue weighted by Gasteiger charge is -2.15. The summed E-state index contributed by atoms with van der Waals surface area (Å²) < 4.78 is 14.8. The van der Waals surface area contributed by atoms with Gasteiger partial charge in [0.1, 0.15) is 11.4 Å². The molecule has 1 atom stereocenters. The van der Waals surface area contributed by atoms with E-state index in [4.69, 9.17) is 9.47 Å². The van der Waals surface area contributed by atoms with E-state index in [0.29, 0.717) is 23.6 Å². The topological polar surface area (TPSA) is 83.5 Å². The lowest BCUT2D eigenvalue weighted by Crippen LogP contribution is -2.17. The van der Waals surface area contributed by atoms with Crippen LogP contribution in [0.25, 0.3) is 17.0 Å². The fourth-order valence-electron chi connectivity index (χ4n) is 3.98. The number of nitrogens with zero attached hydrogens (tertiary/aromatic N) is 5. The fourth-order valence-corrected chi connectivity index (χ4v) is 4.82. The van der Waals surface area contributed by atoms with Crippen LogP contribution in [0.2, 0.25) is 0 Å². The average molecular weight is 464 g/mol. The first-order valence-electron chi connectivity index (χ1n) is 10.9. The number of fused-ring (bicyclic) bond motifs is 1. The normalized spacial score (nSPS) is 15.9. The third kappa shape index (κ3) is 4.65. The van der Waals surface area contributed by atoms with Crippen molar-refractivity contribution >= 4 is 17.4 Å². The van der Waals surface area contributed by atoms with E-state index in [-0.39, 0.29) is 11.7 Å². The van der Waals surface area contributed by atoms with Gasteiger partial charge in [0, 0.05) is 30.2 Å². The highest BCUT2D eigenvalue weighted by Gasteiger charge is 2.22. The summed E-state index contributed by atoms with van der Waals surface area (Å²) in [5.74, 6) is 2.10. The van der Waals surface area contributed by atoms with Crippen LogP contribution in [0.3, 0.4) is 0 Å². The highest BCUT2D eigenvalue weighted by atomic mass is 32.2. The van der Waals surface area contributed by atoms with Gasteiger partial charge in [-0.3, -0.25) is 13.8 Å². The van der Waals surface area contributed by atoms with Gasteiger partial charge in [-0.2, -0.15) is 0 Å². The van der Waals surface area contributed by atoms with Crippen LogP contribution in [0.1, 0.15) is 24.1 Å². The molecule has 1 unspecified atom stereocenters. The zero-order chi connectivity index (χ0) is 22.8. The average Bonchev–Trinajstić information content (AvgIpc) is 3.49. The van der Waals surface area contributed by atoms with Crippen molar-refractivity contribution in [1.82, 2.24) is 24.1 Å². The summed E-state index contributed by atoms with van der Waals surface area (Å²) in [6, 6.07) is 13.2. The number of benzene rings is 1. The van der Waals surface area contributed by atoms with E-state index in [9.17, 15) is 4.79 Å². The van der Waals surface area contributed by atoms with Gasteiger partial charge in [0.05, 0.1) is 25.5 Å². The van der Waals surface area contributed by atoms with Crippen LogP contribution in [-0.4, -0.2) is 44.0 Å². The Balaban J connectivity index is 1.43. The number of ether oxygens (including phenoxy) is 2. The van der Waals surface area contributed by atoms with E-state index in [1.807, 2.05) is 43.3 Å². The van der Waals surface area contributed by atoms with Gasteiger partial charge >= 0.3 is 0 Å². The van der Waals surface area contributed by atoms with Crippen molar-refractivity contribution in [3.8, 4) is 17.1 Å². The maximum absolute atomic E-state index is 12.6. The van der Waals surface area contributed by atoms with Crippen molar-refractivity contribution in [3.63, 3.8) is 0 Å². The SMILES string of the molecule is COc1ccc(-c2nnc(SCc3cc(=O)n4cc(C)ccc4n3)n2CC2CCCO2)cc1. The Hall–Kier alpha value is -3.17. The summed E-state index contributed by atoms with van der Waals surface area (Å²) in [4.78, 5) is 17.2. The van der Waals surface area contributed by atoms with Crippen LogP contribution in [0.5, 0.6) is 5.75 Å². The summed E-state index contributed by atoms with van der Waals surface area (Å²) in [5.41, 5.74) is 3.25. The van der Waals surface area contributed by atoms with Crippen LogP contribution in [0.15, 0.2) is 58.6 Å². The third-order valence-corrected chi connectivity index (χ3v) is 6.69. The molecule has 0 N–H and O–H groups in total.